The number of anilines is 1. The highest BCUT2D eigenvalue weighted by Crippen LogP contribution is 2.20. The number of fused-ring (bicyclic) bond motifs is 1. The fraction of sp³-hybridized carbons (Fsp3) is 0.235. The normalized spacial score (nSPS) is 10.8. The Labute approximate surface area is 119 Å². The molecule has 0 unspecified atom stereocenters. The largest absolute Gasteiger partial charge is 0.381 e. The van der Waals surface area contributed by atoms with Crippen LogP contribution in [0.25, 0.3) is 11.0 Å². The third kappa shape index (κ3) is 2.52. The van der Waals surface area contributed by atoms with Gasteiger partial charge in [0, 0.05) is 30.0 Å². The minimum Gasteiger partial charge on any atom is -0.381 e. The predicted molar refractivity (Wildman–Crippen MR) is 83.9 cm³/mol. The maximum Gasteiger partial charge on any atom is 0.137 e. The molecule has 0 spiro atoms. The van der Waals surface area contributed by atoms with E-state index in [-0.39, 0.29) is 0 Å². The predicted octanol–water partition coefficient (Wildman–Crippen LogP) is 4.13. The van der Waals surface area contributed by atoms with E-state index in [4.69, 9.17) is 0 Å². The molecule has 0 amide bonds. The molecule has 0 saturated heterocycles. The Bertz CT molecular complexity index is 700. The molecular formula is C17H19N3. The van der Waals surface area contributed by atoms with Crippen LogP contribution in [0.2, 0.25) is 0 Å². The van der Waals surface area contributed by atoms with Crippen molar-refractivity contribution >= 4 is 16.7 Å². The molecule has 0 bridgehead atoms. The van der Waals surface area contributed by atoms with Gasteiger partial charge in [-0.05, 0) is 35.7 Å². The monoisotopic (exact) mass is 265 g/mol. The summed E-state index contributed by atoms with van der Waals surface area (Å²) in [4.78, 5) is 7.53. The number of nitrogens with one attached hydrogen (secondary N) is 2. The van der Waals surface area contributed by atoms with Crippen LogP contribution in [-0.2, 0) is 13.0 Å². The average Bonchev–Trinajstić information content (AvgIpc) is 2.90. The summed E-state index contributed by atoms with van der Waals surface area (Å²) in [5.41, 5.74) is 4.81. The van der Waals surface area contributed by atoms with Crippen molar-refractivity contribution in [2.24, 2.45) is 0 Å². The molecule has 0 aliphatic rings. The quantitative estimate of drug-likeness (QED) is 0.728. The van der Waals surface area contributed by atoms with Crippen LogP contribution in [0.4, 0.5) is 5.69 Å². The molecule has 3 aromatic rings. The summed E-state index contributed by atoms with van der Waals surface area (Å²) in [5, 5.41) is 4.73. The molecule has 0 fully saturated rings. The molecule has 102 valence electrons. The van der Waals surface area contributed by atoms with Crippen LogP contribution in [0.15, 0.2) is 48.8 Å². The van der Waals surface area contributed by atoms with Gasteiger partial charge in [0.1, 0.15) is 5.65 Å². The molecule has 3 rings (SSSR count). The molecule has 0 aliphatic heterocycles. The molecular weight excluding hydrogens is 246 g/mol. The number of pyridine rings is 1. The van der Waals surface area contributed by atoms with Crippen LogP contribution in [0.5, 0.6) is 0 Å². The number of H-pyrrole nitrogens is 1. The molecule has 0 saturated carbocycles. The van der Waals surface area contributed by atoms with Crippen molar-refractivity contribution in [3.05, 3.63) is 59.9 Å². The van der Waals surface area contributed by atoms with Crippen molar-refractivity contribution < 1.29 is 0 Å². The topological polar surface area (TPSA) is 40.7 Å². The molecule has 1 aromatic carbocycles. The maximum absolute atomic E-state index is 4.32. The standard InChI is InChI=1S/C17H19N3/c1-2-6-13-7-3-4-9-16(13)19-11-14-12-20-17-15(14)8-5-10-18-17/h3-5,7-10,12,19H,2,6,11H2,1H3,(H,18,20). The van der Waals surface area contributed by atoms with Gasteiger partial charge >= 0.3 is 0 Å². The summed E-state index contributed by atoms with van der Waals surface area (Å²) in [7, 11) is 0. The zero-order valence-corrected chi connectivity index (χ0v) is 11.7. The first-order chi connectivity index (χ1) is 9.88. The van der Waals surface area contributed by atoms with E-state index in [2.05, 4.69) is 52.5 Å². The number of para-hydroxylation sites is 1. The highest BCUT2D eigenvalue weighted by Gasteiger charge is 2.05. The minimum atomic E-state index is 0.812. The van der Waals surface area contributed by atoms with Crippen molar-refractivity contribution in [2.75, 3.05) is 5.32 Å². The fourth-order valence-electron chi connectivity index (χ4n) is 2.53. The number of aromatic nitrogens is 2. The Morgan fingerprint density at radius 3 is 2.90 bits per heavy atom. The minimum absolute atomic E-state index is 0.812. The van der Waals surface area contributed by atoms with E-state index in [0.717, 1.165) is 25.0 Å². The number of rotatable bonds is 5. The van der Waals surface area contributed by atoms with Crippen molar-refractivity contribution in [3.63, 3.8) is 0 Å². The second kappa shape index (κ2) is 5.78. The van der Waals surface area contributed by atoms with E-state index >= 15 is 0 Å². The van der Waals surface area contributed by atoms with Crippen molar-refractivity contribution in [2.45, 2.75) is 26.3 Å². The van der Waals surface area contributed by atoms with Gasteiger partial charge in [0.25, 0.3) is 0 Å². The fourth-order valence-corrected chi connectivity index (χ4v) is 2.53. The average molecular weight is 265 g/mol. The first-order valence-electron chi connectivity index (χ1n) is 7.11. The van der Waals surface area contributed by atoms with Gasteiger partial charge in [-0.3, -0.25) is 0 Å². The van der Waals surface area contributed by atoms with E-state index in [1.807, 2.05) is 18.5 Å². The van der Waals surface area contributed by atoms with Gasteiger partial charge < -0.3 is 10.3 Å². The smallest absolute Gasteiger partial charge is 0.137 e. The van der Waals surface area contributed by atoms with Gasteiger partial charge in [0.2, 0.25) is 0 Å². The Morgan fingerprint density at radius 2 is 2.00 bits per heavy atom. The molecule has 0 atom stereocenters. The van der Waals surface area contributed by atoms with Gasteiger partial charge in [-0.1, -0.05) is 31.5 Å². The highest BCUT2D eigenvalue weighted by molar-refractivity contribution is 5.79. The lowest BCUT2D eigenvalue weighted by Crippen LogP contribution is -2.01. The van der Waals surface area contributed by atoms with Crippen molar-refractivity contribution in [1.82, 2.24) is 9.97 Å². The molecule has 20 heavy (non-hydrogen) atoms. The zero-order valence-electron chi connectivity index (χ0n) is 11.7. The van der Waals surface area contributed by atoms with Crippen LogP contribution in [-0.4, -0.2) is 9.97 Å². The SMILES string of the molecule is CCCc1ccccc1NCc1c[nH]c2ncccc12. The Morgan fingerprint density at radius 1 is 1.10 bits per heavy atom. The molecule has 3 heteroatoms. The summed E-state index contributed by atoms with van der Waals surface area (Å²) in [5.74, 6) is 0. The summed E-state index contributed by atoms with van der Waals surface area (Å²) in [6, 6.07) is 12.6. The van der Waals surface area contributed by atoms with E-state index in [1.165, 1.54) is 22.2 Å². The first kappa shape index (κ1) is 12.7. The van der Waals surface area contributed by atoms with Gasteiger partial charge in [-0.25, -0.2) is 4.98 Å². The summed E-state index contributed by atoms with van der Waals surface area (Å²) in [6.45, 7) is 3.02. The lowest BCUT2D eigenvalue weighted by Gasteiger charge is -2.11. The van der Waals surface area contributed by atoms with Crippen LogP contribution in [0, 0.1) is 0 Å². The maximum atomic E-state index is 4.32. The van der Waals surface area contributed by atoms with Gasteiger partial charge in [-0.15, -0.1) is 0 Å². The van der Waals surface area contributed by atoms with Crippen molar-refractivity contribution in [1.29, 1.82) is 0 Å². The molecule has 2 aromatic heterocycles. The Kier molecular flexibility index (Phi) is 3.68. The van der Waals surface area contributed by atoms with Crippen LogP contribution >= 0.6 is 0 Å². The third-order valence-corrected chi connectivity index (χ3v) is 3.54. The molecule has 2 N–H and O–H groups in total. The number of hydrogen-bond acceptors (Lipinski definition) is 2. The van der Waals surface area contributed by atoms with Crippen molar-refractivity contribution in [3.8, 4) is 0 Å². The Balaban J connectivity index is 1.80. The number of hydrogen-bond donors (Lipinski definition) is 2. The van der Waals surface area contributed by atoms with Crippen LogP contribution in [0.1, 0.15) is 24.5 Å². The lowest BCUT2D eigenvalue weighted by molar-refractivity contribution is 0.920. The second-order valence-electron chi connectivity index (χ2n) is 4.97. The Hall–Kier alpha value is -2.29. The van der Waals surface area contributed by atoms with Gasteiger partial charge in [0.05, 0.1) is 0 Å². The zero-order chi connectivity index (χ0) is 13.8. The van der Waals surface area contributed by atoms with Gasteiger partial charge in [-0.2, -0.15) is 0 Å². The van der Waals surface area contributed by atoms with Crippen LogP contribution in [0.3, 0.4) is 0 Å². The molecule has 0 aliphatic carbocycles. The highest BCUT2D eigenvalue weighted by atomic mass is 14.9. The third-order valence-electron chi connectivity index (χ3n) is 3.54. The molecule has 3 nitrogen and oxygen atoms in total. The number of nitrogens with zero attached hydrogens (tertiary/aromatic N) is 1. The second-order valence-corrected chi connectivity index (χ2v) is 4.97. The first-order valence-corrected chi connectivity index (χ1v) is 7.11. The number of aryl methyl sites for hydroxylation is 1. The van der Waals surface area contributed by atoms with Gasteiger partial charge in [0.15, 0.2) is 0 Å². The van der Waals surface area contributed by atoms with E-state index < -0.39 is 0 Å². The summed E-state index contributed by atoms with van der Waals surface area (Å²) >= 11 is 0. The van der Waals surface area contributed by atoms with E-state index in [1.54, 1.807) is 0 Å². The summed E-state index contributed by atoms with van der Waals surface area (Å²) < 4.78 is 0. The number of aromatic amines is 1. The van der Waals surface area contributed by atoms with Crippen LogP contribution < -0.4 is 5.32 Å². The molecule has 0 radical (unpaired) electrons. The summed E-state index contributed by atoms with van der Waals surface area (Å²) in [6.07, 6.45) is 6.12. The van der Waals surface area contributed by atoms with E-state index in [0.29, 0.717) is 0 Å². The molecule has 2 heterocycles. The number of benzene rings is 1. The lowest BCUT2D eigenvalue weighted by atomic mass is 10.1. The van der Waals surface area contributed by atoms with E-state index in [9.17, 15) is 0 Å².